The van der Waals surface area contributed by atoms with Crippen LogP contribution < -0.4 is 21.2 Å². The van der Waals surface area contributed by atoms with Crippen molar-refractivity contribution in [1.29, 1.82) is 0 Å². The molecule has 1 aliphatic heterocycles. The number of ether oxygens (including phenoxy) is 1. The van der Waals surface area contributed by atoms with Crippen molar-refractivity contribution in [1.82, 2.24) is 10.8 Å². The maximum atomic E-state index is 12.5. The number of hydrogen-bond acceptors (Lipinski definition) is 6. The Hall–Kier alpha value is -3.16. The van der Waals surface area contributed by atoms with E-state index < -0.39 is 17.5 Å². The fraction of sp³-hybridized carbons (Fsp3) is 0.448. The van der Waals surface area contributed by atoms with Crippen molar-refractivity contribution >= 4 is 16.9 Å². The van der Waals surface area contributed by atoms with E-state index in [1.54, 1.807) is 17.6 Å². The van der Waals surface area contributed by atoms with Gasteiger partial charge in [-0.25, -0.2) is 10.3 Å². The normalized spacial score (nSPS) is 16.6. The van der Waals surface area contributed by atoms with E-state index in [-0.39, 0.29) is 6.42 Å². The zero-order valence-electron chi connectivity index (χ0n) is 20.9. The SMILES string of the molecule is Cc1ccc2oc(=O)c(CC(CCc3ccc(OCCCC4CCCNC4)cc3)C(=O)NO)cc2c1. The van der Waals surface area contributed by atoms with Crippen LogP contribution in [0.5, 0.6) is 5.75 Å². The van der Waals surface area contributed by atoms with Gasteiger partial charge in [-0.1, -0.05) is 23.8 Å². The molecule has 7 nitrogen and oxygen atoms in total. The molecule has 0 bridgehead atoms. The summed E-state index contributed by atoms with van der Waals surface area (Å²) in [6.07, 6.45) is 6.11. The van der Waals surface area contributed by atoms with E-state index >= 15 is 0 Å². The van der Waals surface area contributed by atoms with Crippen molar-refractivity contribution in [2.24, 2.45) is 11.8 Å². The zero-order chi connectivity index (χ0) is 25.3. The van der Waals surface area contributed by atoms with Crippen LogP contribution in [0.25, 0.3) is 11.0 Å². The minimum atomic E-state index is -0.564. The Morgan fingerprint density at radius 2 is 2.06 bits per heavy atom. The van der Waals surface area contributed by atoms with Gasteiger partial charge in [-0.2, -0.15) is 0 Å². The number of aryl methyl sites for hydroxylation is 2. The van der Waals surface area contributed by atoms with Gasteiger partial charge in [0.2, 0.25) is 5.91 Å². The molecule has 0 radical (unpaired) electrons. The van der Waals surface area contributed by atoms with Crippen molar-refractivity contribution < 1.29 is 19.2 Å². The maximum Gasteiger partial charge on any atom is 0.339 e. The first-order valence-corrected chi connectivity index (χ1v) is 12.9. The van der Waals surface area contributed by atoms with Crippen LogP contribution in [0.3, 0.4) is 0 Å². The van der Waals surface area contributed by atoms with Gasteiger partial charge in [0.15, 0.2) is 0 Å². The minimum absolute atomic E-state index is 0.191. The molecule has 1 aliphatic rings. The number of benzene rings is 2. The lowest BCUT2D eigenvalue weighted by Crippen LogP contribution is -2.31. The number of fused-ring (bicyclic) bond motifs is 1. The van der Waals surface area contributed by atoms with Crippen LogP contribution in [0, 0.1) is 18.8 Å². The van der Waals surface area contributed by atoms with E-state index in [1.165, 1.54) is 19.3 Å². The quantitative estimate of drug-likeness (QED) is 0.157. The highest BCUT2D eigenvalue weighted by molar-refractivity contribution is 5.79. The molecule has 3 aromatic rings. The summed E-state index contributed by atoms with van der Waals surface area (Å²) in [5.41, 5.74) is 4.36. The molecule has 36 heavy (non-hydrogen) atoms. The third-order valence-corrected chi connectivity index (χ3v) is 7.04. The fourth-order valence-electron chi connectivity index (χ4n) is 4.94. The van der Waals surface area contributed by atoms with Crippen molar-refractivity contribution in [2.45, 2.75) is 51.9 Å². The number of amides is 1. The van der Waals surface area contributed by atoms with Gasteiger partial charge in [-0.15, -0.1) is 0 Å². The lowest BCUT2D eigenvalue weighted by molar-refractivity contribution is -0.133. The van der Waals surface area contributed by atoms with Gasteiger partial charge >= 0.3 is 5.63 Å². The number of carbonyl (C=O) groups is 1. The van der Waals surface area contributed by atoms with Gasteiger partial charge in [0.05, 0.1) is 6.61 Å². The molecule has 0 spiro atoms. The number of hydroxylamine groups is 1. The monoisotopic (exact) mass is 492 g/mol. The van der Waals surface area contributed by atoms with Gasteiger partial charge < -0.3 is 14.5 Å². The molecule has 1 saturated heterocycles. The average Bonchev–Trinajstić information content (AvgIpc) is 2.90. The maximum absolute atomic E-state index is 12.5. The van der Waals surface area contributed by atoms with Crippen molar-refractivity contribution in [3.8, 4) is 5.75 Å². The predicted molar refractivity (Wildman–Crippen MR) is 139 cm³/mol. The highest BCUT2D eigenvalue weighted by Gasteiger charge is 2.21. The van der Waals surface area contributed by atoms with Crippen LogP contribution in [0.1, 0.15) is 48.8 Å². The van der Waals surface area contributed by atoms with Crippen LogP contribution in [0.4, 0.5) is 0 Å². The Kier molecular flexibility index (Phi) is 9.14. The van der Waals surface area contributed by atoms with Crippen molar-refractivity contribution in [3.05, 3.63) is 75.6 Å². The molecule has 1 fully saturated rings. The first-order chi connectivity index (χ1) is 17.5. The van der Waals surface area contributed by atoms with Gasteiger partial charge in [-0.05, 0) is 107 Å². The largest absolute Gasteiger partial charge is 0.494 e. The Morgan fingerprint density at radius 1 is 1.22 bits per heavy atom. The number of nitrogens with one attached hydrogen (secondary N) is 2. The van der Waals surface area contributed by atoms with E-state index in [1.807, 2.05) is 43.3 Å². The second kappa shape index (κ2) is 12.7. The lowest BCUT2D eigenvalue weighted by atomic mass is 9.92. The summed E-state index contributed by atoms with van der Waals surface area (Å²) in [7, 11) is 0. The molecular weight excluding hydrogens is 456 g/mol. The van der Waals surface area contributed by atoms with Gasteiger partial charge in [0.25, 0.3) is 0 Å². The number of carbonyl (C=O) groups excluding carboxylic acids is 1. The van der Waals surface area contributed by atoms with E-state index in [0.29, 0.717) is 30.6 Å². The fourth-order valence-corrected chi connectivity index (χ4v) is 4.94. The summed E-state index contributed by atoms with van der Waals surface area (Å²) in [4.78, 5) is 24.9. The third kappa shape index (κ3) is 7.18. The second-order valence-corrected chi connectivity index (χ2v) is 9.86. The standard InChI is InChI=1S/C29H36N2O5/c1-20-6-13-27-24(16-20)18-25(29(33)36-27)17-23(28(32)31-34)10-7-21-8-11-26(12-9-21)35-15-3-5-22-4-2-14-30-19-22/h6,8-9,11-13,16,18,22-23,30,34H,2-5,7,10,14-15,17,19H2,1H3,(H,31,32). The molecule has 192 valence electrons. The molecule has 2 unspecified atom stereocenters. The number of hydrogen-bond donors (Lipinski definition) is 3. The molecule has 1 aromatic heterocycles. The molecule has 0 aliphatic carbocycles. The highest BCUT2D eigenvalue weighted by atomic mass is 16.5. The molecule has 2 atom stereocenters. The summed E-state index contributed by atoms with van der Waals surface area (Å²) in [5.74, 6) is 0.533. The molecule has 4 rings (SSSR count). The molecule has 1 amide bonds. The molecule has 0 saturated carbocycles. The van der Waals surface area contributed by atoms with E-state index in [0.717, 1.165) is 47.7 Å². The first kappa shape index (κ1) is 25.9. The lowest BCUT2D eigenvalue weighted by Gasteiger charge is -2.22. The Bertz CT molecular complexity index is 1200. The molecule has 2 aromatic carbocycles. The summed E-state index contributed by atoms with van der Waals surface area (Å²) >= 11 is 0. The molecule has 2 heterocycles. The second-order valence-electron chi connectivity index (χ2n) is 9.86. The van der Waals surface area contributed by atoms with Crippen LogP contribution in [0.2, 0.25) is 0 Å². The molecule has 3 N–H and O–H groups in total. The first-order valence-electron chi connectivity index (χ1n) is 12.9. The van der Waals surface area contributed by atoms with Crippen LogP contribution in [-0.2, 0) is 17.6 Å². The number of piperidine rings is 1. The van der Waals surface area contributed by atoms with Crippen LogP contribution in [0.15, 0.2) is 57.7 Å². The average molecular weight is 493 g/mol. The molecular formula is C29H36N2O5. The summed E-state index contributed by atoms with van der Waals surface area (Å²) in [6.45, 7) is 4.94. The van der Waals surface area contributed by atoms with Gasteiger partial charge in [0.1, 0.15) is 11.3 Å². The number of rotatable bonds is 11. The topological polar surface area (TPSA) is 101 Å². The van der Waals surface area contributed by atoms with Crippen LogP contribution in [-0.4, -0.2) is 30.8 Å². The smallest absolute Gasteiger partial charge is 0.339 e. The summed E-state index contributed by atoms with van der Waals surface area (Å²) in [6, 6.07) is 15.3. The predicted octanol–water partition coefficient (Wildman–Crippen LogP) is 4.56. The summed E-state index contributed by atoms with van der Waals surface area (Å²) < 4.78 is 11.4. The van der Waals surface area contributed by atoms with E-state index in [9.17, 15) is 14.8 Å². The Labute approximate surface area is 211 Å². The van der Waals surface area contributed by atoms with Crippen LogP contribution >= 0.6 is 0 Å². The Morgan fingerprint density at radius 3 is 2.81 bits per heavy atom. The third-order valence-electron chi connectivity index (χ3n) is 7.04. The van der Waals surface area contributed by atoms with E-state index in [2.05, 4.69) is 5.32 Å². The Balaban J connectivity index is 1.31. The van der Waals surface area contributed by atoms with Gasteiger partial charge in [-0.3, -0.25) is 10.0 Å². The van der Waals surface area contributed by atoms with Crippen molar-refractivity contribution in [2.75, 3.05) is 19.7 Å². The zero-order valence-corrected chi connectivity index (χ0v) is 20.9. The van der Waals surface area contributed by atoms with Gasteiger partial charge in [0, 0.05) is 16.9 Å². The highest BCUT2D eigenvalue weighted by Crippen LogP contribution is 2.21. The molecule has 7 heteroatoms. The van der Waals surface area contributed by atoms with E-state index in [4.69, 9.17) is 9.15 Å². The minimum Gasteiger partial charge on any atom is -0.494 e. The van der Waals surface area contributed by atoms with Crippen molar-refractivity contribution in [3.63, 3.8) is 0 Å². The summed E-state index contributed by atoms with van der Waals surface area (Å²) in [5, 5.41) is 13.5.